The van der Waals surface area contributed by atoms with Gasteiger partial charge in [0.2, 0.25) is 5.91 Å². The molecule has 0 saturated carbocycles. The zero-order valence-corrected chi connectivity index (χ0v) is 16.6. The monoisotopic (exact) mass is 411 g/mol. The van der Waals surface area contributed by atoms with Gasteiger partial charge in [0.05, 0.1) is 30.0 Å². The van der Waals surface area contributed by atoms with Crippen molar-refractivity contribution in [3.63, 3.8) is 0 Å². The molecule has 2 aliphatic heterocycles. The van der Waals surface area contributed by atoms with Crippen molar-refractivity contribution in [2.75, 3.05) is 32.9 Å². The van der Waals surface area contributed by atoms with Gasteiger partial charge in [0.1, 0.15) is 17.7 Å². The van der Waals surface area contributed by atoms with Crippen LogP contribution in [0.4, 0.5) is 0 Å². The van der Waals surface area contributed by atoms with Crippen LogP contribution in [0.25, 0.3) is 20.8 Å². The summed E-state index contributed by atoms with van der Waals surface area (Å²) in [5, 5.41) is 14.6. The van der Waals surface area contributed by atoms with E-state index in [9.17, 15) is 9.90 Å². The maximum atomic E-state index is 12.9. The van der Waals surface area contributed by atoms with Gasteiger partial charge in [-0.15, -0.1) is 11.3 Å². The third-order valence-corrected chi connectivity index (χ3v) is 6.27. The van der Waals surface area contributed by atoms with Crippen molar-refractivity contribution >= 4 is 27.5 Å². The summed E-state index contributed by atoms with van der Waals surface area (Å²) in [5.74, 6) is 0.509. The Labute approximate surface area is 171 Å². The highest BCUT2D eigenvalue weighted by molar-refractivity contribution is 7.21. The minimum absolute atomic E-state index is 0.00831. The third kappa shape index (κ3) is 3.55. The fourth-order valence-corrected chi connectivity index (χ4v) is 4.70. The highest BCUT2D eigenvalue weighted by Gasteiger charge is 2.29. The number of hydrogen-bond donors (Lipinski definition) is 2. The number of benzene rings is 2. The summed E-state index contributed by atoms with van der Waals surface area (Å²) in [5.41, 5.74) is 2.53. The summed E-state index contributed by atoms with van der Waals surface area (Å²) in [6, 6.07) is 11.3. The standard InChI is InChI=1S/C21H21N3O4S/c25-17-10-13(20-23-15-3-1-2-4-18(15)29-20)9-14-11-24(6-8-28-19(14)17)21(26)16-12-27-7-5-22-16/h1-4,9-10,16,22,25H,5-8,11-12H2/t16-/m1/s1. The lowest BCUT2D eigenvalue weighted by atomic mass is 10.1. The van der Waals surface area contributed by atoms with Gasteiger partial charge >= 0.3 is 0 Å². The Balaban J connectivity index is 1.47. The number of rotatable bonds is 2. The van der Waals surface area contributed by atoms with Gasteiger partial charge in [-0.3, -0.25) is 4.79 Å². The molecule has 8 heteroatoms. The minimum Gasteiger partial charge on any atom is -0.504 e. The predicted molar refractivity (Wildman–Crippen MR) is 110 cm³/mol. The van der Waals surface area contributed by atoms with E-state index >= 15 is 0 Å². The Morgan fingerprint density at radius 3 is 3.00 bits per heavy atom. The summed E-state index contributed by atoms with van der Waals surface area (Å²) in [4.78, 5) is 19.4. The number of thiazole rings is 1. The second-order valence-electron chi connectivity index (χ2n) is 7.16. The summed E-state index contributed by atoms with van der Waals surface area (Å²) < 4.78 is 12.3. The summed E-state index contributed by atoms with van der Waals surface area (Å²) in [7, 11) is 0. The number of aromatic hydroxyl groups is 1. The lowest BCUT2D eigenvalue weighted by Gasteiger charge is -2.29. The molecule has 1 amide bonds. The number of morpholine rings is 1. The van der Waals surface area contributed by atoms with E-state index < -0.39 is 0 Å². The SMILES string of the molecule is O=C([C@H]1COCCN1)N1CCOc2c(O)cc(-c3nc4ccccc4s3)cc2C1. The fourth-order valence-electron chi connectivity index (χ4n) is 3.75. The number of carbonyl (C=O) groups is 1. The van der Waals surface area contributed by atoms with Crippen molar-refractivity contribution in [3.8, 4) is 22.1 Å². The number of aromatic nitrogens is 1. The largest absolute Gasteiger partial charge is 0.504 e. The number of phenolic OH excluding ortho intramolecular Hbond substituents is 1. The number of amides is 1. The molecule has 1 saturated heterocycles. The predicted octanol–water partition coefficient (Wildman–Crippen LogP) is 2.38. The molecule has 0 bridgehead atoms. The van der Waals surface area contributed by atoms with Crippen LogP contribution in [0.5, 0.6) is 11.5 Å². The molecule has 3 aromatic rings. The van der Waals surface area contributed by atoms with Gasteiger partial charge < -0.3 is 24.8 Å². The second kappa shape index (κ2) is 7.62. The molecule has 3 heterocycles. The van der Waals surface area contributed by atoms with E-state index in [-0.39, 0.29) is 17.7 Å². The fraction of sp³-hybridized carbons (Fsp3) is 0.333. The van der Waals surface area contributed by atoms with Crippen LogP contribution < -0.4 is 10.1 Å². The van der Waals surface area contributed by atoms with Gasteiger partial charge in [-0.1, -0.05) is 12.1 Å². The zero-order valence-electron chi connectivity index (χ0n) is 15.8. The molecule has 7 nitrogen and oxygen atoms in total. The van der Waals surface area contributed by atoms with Crippen LogP contribution in [0, 0.1) is 0 Å². The molecule has 2 aromatic carbocycles. The normalized spacial score (nSPS) is 19.4. The Kier molecular flexibility index (Phi) is 4.83. The number of fused-ring (bicyclic) bond motifs is 2. The molecule has 5 rings (SSSR count). The van der Waals surface area contributed by atoms with Crippen molar-refractivity contribution in [3.05, 3.63) is 42.0 Å². The van der Waals surface area contributed by atoms with Crippen molar-refractivity contribution in [1.29, 1.82) is 0 Å². The molecule has 0 unspecified atom stereocenters. The Morgan fingerprint density at radius 2 is 2.17 bits per heavy atom. The van der Waals surface area contributed by atoms with Crippen molar-refractivity contribution in [1.82, 2.24) is 15.2 Å². The van der Waals surface area contributed by atoms with Gasteiger partial charge in [0.25, 0.3) is 0 Å². The van der Waals surface area contributed by atoms with Gasteiger partial charge in [-0.2, -0.15) is 0 Å². The van der Waals surface area contributed by atoms with Crippen LogP contribution in [0.3, 0.4) is 0 Å². The Bertz CT molecular complexity index is 1030. The average Bonchev–Trinajstić information content (AvgIpc) is 3.07. The van der Waals surface area contributed by atoms with Crippen molar-refractivity contribution in [2.45, 2.75) is 12.6 Å². The van der Waals surface area contributed by atoms with Crippen LogP contribution >= 0.6 is 11.3 Å². The summed E-state index contributed by atoms with van der Waals surface area (Å²) in [6.07, 6.45) is 0. The van der Waals surface area contributed by atoms with E-state index in [1.807, 2.05) is 30.3 Å². The molecule has 150 valence electrons. The number of nitrogens with one attached hydrogen (secondary N) is 1. The molecule has 0 radical (unpaired) electrons. The summed E-state index contributed by atoms with van der Waals surface area (Å²) in [6.45, 7) is 2.83. The maximum absolute atomic E-state index is 12.9. The lowest BCUT2D eigenvalue weighted by Crippen LogP contribution is -2.52. The molecule has 1 aromatic heterocycles. The number of carbonyl (C=O) groups excluding carboxylic acids is 1. The molecule has 0 aliphatic carbocycles. The van der Waals surface area contributed by atoms with Crippen LogP contribution in [0.15, 0.2) is 36.4 Å². The van der Waals surface area contributed by atoms with Gasteiger partial charge in [0.15, 0.2) is 11.5 Å². The van der Waals surface area contributed by atoms with Crippen molar-refractivity contribution in [2.24, 2.45) is 0 Å². The first kappa shape index (κ1) is 18.4. The zero-order chi connectivity index (χ0) is 19.8. The molecular formula is C21H21N3O4S. The highest BCUT2D eigenvalue weighted by atomic mass is 32.1. The van der Waals surface area contributed by atoms with E-state index in [2.05, 4.69) is 10.3 Å². The molecule has 2 aliphatic rings. The van der Waals surface area contributed by atoms with Crippen LogP contribution in [0.2, 0.25) is 0 Å². The van der Waals surface area contributed by atoms with Crippen LogP contribution in [-0.2, 0) is 16.1 Å². The molecule has 1 atom stereocenters. The Hall–Kier alpha value is -2.68. The van der Waals surface area contributed by atoms with Crippen LogP contribution in [0.1, 0.15) is 5.56 Å². The second-order valence-corrected chi connectivity index (χ2v) is 8.19. The topological polar surface area (TPSA) is 83.9 Å². The number of para-hydroxylation sites is 1. The van der Waals surface area contributed by atoms with Crippen LogP contribution in [-0.4, -0.2) is 59.8 Å². The van der Waals surface area contributed by atoms with E-state index in [0.29, 0.717) is 45.2 Å². The smallest absolute Gasteiger partial charge is 0.242 e. The number of ether oxygens (including phenoxy) is 2. The molecular weight excluding hydrogens is 390 g/mol. The third-order valence-electron chi connectivity index (χ3n) is 5.19. The minimum atomic E-state index is -0.341. The van der Waals surface area contributed by atoms with E-state index in [1.54, 1.807) is 22.3 Å². The first-order valence-electron chi connectivity index (χ1n) is 9.63. The molecule has 2 N–H and O–H groups in total. The van der Waals surface area contributed by atoms with Crippen molar-refractivity contribution < 1.29 is 19.4 Å². The van der Waals surface area contributed by atoms with E-state index in [1.165, 1.54) is 0 Å². The van der Waals surface area contributed by atoms with Gasteiger partial charge in [-0.05, 0) is 24.3 Å². The molecule has 0 spiro atoms. The first-order valence-corrected chi connectivity index (χ1v) is 10.5. The van der Waals surface area contributed by atoms with E-state index in [0.717, 1.165) is 26.4 Å². The summed E-state index contributed by atoms with van der Waals surface area (Å²) >= 11 is 1.57. The number of hydrogen-bond acceptors (Lipinski definition) is 7. The number of nitrogens with zero attached hydrogens (tertiary/aromatic N) is 2. The lowest BCUT2D eigenvalue weighted by molar-refractivity contribution is -0.137. The average molecular weight is 411 g/mol. The molecule has 1 fully saturated rings. The molecule has 29 heavy (non-hydrogen) atoms. The maximum Gasteiger partial charge on any atom is 0.242 e. The van der Waals surface area contributed by atoms with Gasteiger partial charge in [0, 0.05) is 24.2 Å². The van der Waals surface area contributed by atoms with Gasteiger partial charge in [-0.25, -0.2) is 4.98 Å². The number of phenols is 1. The van der Waals surface area contributed by atoms with E-state index in [4.69, 9.17) is 9.47 Å². The first-order chi connectivity index (χ1) is 14.2. The quantitative estimate of drug-likeness (QED) is 0.674. The Morgan fingerprint density at radius 1 is 1.28 bits per heavy atom. The highest BCUT2D eigenvalue weighted by Crippen LogP contribution is 2.39.